The number of nitrogens with one attached hydrogen (secondary N) is 1. The number of guanidine groups is 1. The van der Waals surface area contributed by atoms with Gasteiger partial charge in [0.2, 0.25) is 5.96 Å². The zero-order chi connectivity index (χ0) is 23.0. The SMILES string of the molecule is CCSC(=NN(C)C(=N)N)c1cccc(N=C(c2ccccc2)N(C(C)C)C(C)C)c1. The number of hydrogen-bond donors (Lipinski definition) is 2. The third kappa shape index (κ3) is 6.85. The van der Waals surface area contributed by atoms with E-state index in [0.717, 1.165) is 33.4 Å². The lowest BCUT2D eigenvalue weighted by molar-refractivity contribution is 0.293. The van der Waals surface area contributed by atoms with Gasteiger partial charge in [-0.05, 0) is 45.6 Å². The maximum Gasteiger partial charge on any atom is 0.209 e. The molecule has 31 heavy (non-hydrogen) atoms. The normalized spacial score (nSPS) is 12.4. The quantitative estimate of drug-likeness (QED) is 0.357. The van der Waals surface area contributed by atoms with Gasteiger partial charge in [-0.15, -0.1) is 11.8 Å². The summed E-state index contributed by atoms with van der Waals surface area (Å²) in [5.74, 6) is 1.71. The minimum atomic E-state index is -0.0979. The molecule has 0 aliphatic rings. The Bertz CT molecular complexity index is 913. The molecule has 0 unspecified atom stereocenters. The Morgan fingerprint density at radius 2 is 1.61 bits per heavy atom. The number of aliphatic imine (C=N–C) groups is 1. The van der Waals surface area contributed by atoms with Crippen LogP contribution in [-0.4, -0.2) is 51.6 Å². The predicted octanol–water partition coefficient (Wildman–Crippen LogP) is 5.12. The Morgan fingerprint density at radius 1 is 1.00 bits per heavy atom. The first-order chi connectivity index (χ1) is 14.7. The third-order valence-electron chi connectivity index (χ3n) is 4.59. The predicted molar refractivity (Wildman–Crippen MR) is 136 cm³/mol. The van der Waals surface area contributed by atoms with Gasteiger partial charge in [0.15, 0.2) is 0 Å². The van der Waals surface area contributed by atoms with Crippen LogP contribution in [-0.2, 0) is 0 Å². The molecule has 0 aliphatic carbocycles. The molecule has 7 heteroatoms. The van der Waals surface area contributed by atoms with Crippen LogP contribution in [0, 0.1) is 5.41 Å². The standard InChI is InChI=1S/C24H34N6S/c1-7-31-23(28-29(6)24(25)26)20-14-11-15-21(16-20)27-22(19-12-9-8-10-13-19)30(17(2)3)18(4)5/h8-18H,7H2,1-6H3,(H3,25,26). The second-order valence-corrected chi connectivity index (χ2v) is 8.95. The fourth-order valence-corrected chi connectivity index (χ4v) is 4.02. The molecule has 0 aromatic heterocycles. The lowest BCUT2D eigenvalue weighted by atomic mass is 10.1. The molecule has 2 aromatic rings. The Morgan fingerprint density at radius 3 is 2.16 bits per heavy atom. The Hall–Kier alpha value is -2.80. The average Bonchev–Trinajstić information content (AvgIpc) is 2.73. The zero-order valence-electron chi connectivity index (χ0n) is 19.3. The molecule has 0 heterocycles. The highest BCUT2D eigenvalue weighted by atomic mass is 32.2. The van der Waals surface area contributed by atoms with Crippen molar-refractivity contribution in [2.75, 3.05) is 12.8 Å². The van der Waals surface area contributed by atoms with Gasteiger partial charge in [0.05, 0.1) is 5.69 Å². The Balaban J connectivity index is 2.57. The molecule has 2 aromatic carbocycles. The first kappa shape index (κ1) is 24.5. The number of hydrazone groups is 1. The Labute approximate surface area is 190 Å². The summed E-state index contributed by atoms with van der Waals surface area (Å²) in [5.41, 5.74) is 8.47. The Kier molecular flexibility index (Phi) is 9.12. The summed E-state index contributed by atoms with van der Waals surface area (Å²) in [6.07, 6.45) is 0. The highest BCUT2D eigenvalue weighted by Gasteiger charge is 2.20. The van der Waals surface area contributed by atoms with Gasteiger partial charge in [0.25, 0.3) is 0 Å². The molecular weight excluding hydrogens is 404 g/mol. The third-order valence-corrected chi connectivity index (χ3v) is 5.47. The molecule has 3 N–H and O–H groups in total. The maximum absolute atomic E-state index is 7.61. The number of amidine groups is 1. The fourth-order valence-electron chi connectivity index (χ4n) is 3.27. The monoisotopic (exact) mass is 438 g/mol. The molecule has 0 atom stereocenters. The topological polar surface area (TPSA) is 81.1 Å². The minimum Gasteiger partial charge on any atom is -0.369 e. The van der Waals surface area contributed by atoms with E-state index < -0.39 is 0 Å². The number of nitrogens with two attached hydrogens (primary N) is 1. The van der Waals surface area contributed by atoms with Crippen molar-refractivity contribution in [3.8, 4) is 0 Å². The number of rotatable bonds is 7. The molecule has 0 aliphatic heterocycles. The summed E-state index contributed by atoms with van der Waals surface area (Å²) >= 11 is 1.61. The molecule has 166 valence electrons. The molecule has 0 amide bonds. The van der Waals surface area contributed by atoms with Crippen molar-refractivity contribution >= 4 is 34.3 Å². The smallest absolute Gasteiger partial charge is 0.209 e. The lowest BCUT2D eigenvalue weighted by Gasteiger charge is -2.34. The van der Waals surface area contributed by atoms with E-state index in [2.05, 4.69) is 56.8 Å². The summed E-state index contributed by atoms with van der Waals surface area (Å²) in [6.45, 7) is 10.8. The van der Waals surface area contributed by atoms with Crippen LogP contribution in [0.15, 0.2) is 64.7 Å². The average molecular weight is 439 g/mol. The lowest BCUT2D eigenvalue weighted by Crippen LogP contribution is -2.42. The second-order valence-electron chi connectivity index (χ2n) is 7.69. The molecular formula is C24H34N6S. The van der Waals surface area contributed by atoms with Crippen molar-refractivity contribution in [1.82, 2.24) is 9.91 Å². The zero-order valence-corrected chi connectivity index (χ0v) is 20.1. The van der Waals surface area contributed by atoms with Crippen molar-refractivity contribution in [2.24, 2.45) is 15.8 Å². The van der Waals surface area contributed by atoms with Crippen LogP contribution in [0.5, 0.6) is 0 Å². The van der Waals surface area contributed by atoms with Crippen LogP contribution in [0.2, 0.25) is 0 Å². The van der Waals surface area contributed by atoms with Crippen LogP contribution < -0.4 is 5.73 Å². The summed E-state index contributed by atoms with van der Waals surface area (Å²) in [4.78, 5) is 7.42. The maximum atomic E-state index is 7.61. The van der Waals surface area contributed by atoms with E-state index in [-0.39, 0.29) is 5.96 Å². The molecule has 2 rings (SSSR count). The van der Waals surface area contributed by atoms with Crippen molar-refractivity contribution in [3.63, 3.8) is 0 Å². The van der Waals surface area contributed by atoms with Crippen LogP contribution in [0.1, 0.15) is 45.7 Å². The molecule has 0 spiro atoms. The van der Waals surface area contributed by atoms with Gasteiger partial charge in [-0.1, -0.05) is 49.4 Å². The molecule has 0 saturated carbocycles. The first-order valence-electron chi connectivity index (χ1n) is 10.6. The van der Waals surface area contributed by atoms with Gasteiger partial charge >= 0.3 is 0 Å². The van der Waals surface area contributed by atoms with Crippen molar-refractivity contribution < 1.29 is 0 Å². The summed E-state index contributed by atoms with van der Waals surface area (Å²) in [7, 11) is 1.68. The second kappa shape index (κ2) is 11.6. The van der Waals surface area contributed by atoms with Crippen LogP contribution in [0.4, 0.5) is 5.69 Å². The van der Waals surface area contributed by atoms with Gasteiger partial charge in [0, 0.05) is 30.3 Å². The van der Waals surface area contributed by atoms with Crippen molar-refractivity contribution in [3.05, 3.63) is 65.7 Å². The molecule has 0 saturated heterocycles. The van der Waals surface area contributed by atoms with E-state index in [9.17, 15) is 0 Å². The van der Waals surface area contributed by atoms with Crippen LogP contribution >= 0.6 is 11.8 Å². The summed E-state index contributed by atoms with van der Waals surface area (Å²) in [5, 5.41) is 14.3. The molecule has 0 fully saturated rings. The van der Waals surface area contributed by atoms with E-state index in [1.54, 1.807) is 18.8 Å². The van der Waals surface area contributed by atoms with Gasteiger partial charge < -0.3 is 10.6 Å². The molecule has 0 bridgehead atoms. The van der Waals surface area contributed by atoms with Crippen molar-refractivity contribution in [1.29, 1.82) is 5.41 Å². The number of thioether (sulfide) groups is 1. The van der Waals surface area contributed by atoms with E-state index in [0.29, 0.717) is 12.1 Å². The summed E-state index contributed by atoms with van der Waals surface area (Å²) < 4.78 is 0. The van der Waals surface area contributed by atoms with Crippen LogP contribution in [0.25, 0.3) is 0 Å². The largest absolute Gasteiger partial charge is 0.369 e. The van der Waals surface area contributed by atoms with Gasteiger partial charge in [-0.2, -0.15) is 5.10 Å². The van der Waals surface area contributed by atoms with Gasteiger partial charge in [-0.25, -0.2) is 10.0 Å². The minimum absolute atomic E-state index is 0.0979. The van der Waals surface area contributed by atoms with Crippen molar-refractivity contribution in [2.45, 2.75) is 46.7 Å². The fraction of sp³-hybridized carbons (Fsp3) is 0.375. The highest BCUT2D eigenvalue weighted by molar-refractivity contribution is 8.14. The summed E-state index contributed by atoms with van der Waals surface area (Å²) in [6, 6.07) is 19.0. The van der Waals surface area contributed by atoms with E-state index >= 15 is 0 Å². The number of nitrogens with zero attached hydrogens (tertiary/aromatic N) is 4. The van der Waals surface area contributed by atoms with E-state index in [4.69, 9.17) is 16.1 Å². The first-order valence-corrected chi connectivity index (χ1v) is 11.5. The van der Waals surface area contributed by atoms with Gasteiger partial charge in [0.1, 0.15) is 10.9 Å². The number of hydrogen-bond acceptors (Lipinski definition) is 4. The molecule has 0 radical (unpaired) electrons. The van der Waals surface area contributed by atoms with E-state index in [1.165, 1.54) is 5.01 Å². The van der Waals surface area contributed by atoms with E-state index in [1.807, 2.05) is 42.5 Å². The number of benzene rings is 2. The van der Waals surface area contributed by atoms with Crippen LogP contribution in [0.3, 0.4) is 0 Å². The highest BCUT2D eigenvalue weighted by Crippen LogP contribution is 2.23. The van der Waals surface area contributed by atoms with Gasteiger partial charge in [-0.3, -0.25) is 5.41 Å². The molecule has 6 nitrogen and oxygen atoms in total.